The van der Waals surface area contributed by atoms with Gasteiger partial charge in [-0.15, -0.1) is 24.0 Å². The normalized spacial score (nSPS) is 19.7. The van der Waals surface area contributed by atoms with Gasteiger partial charge in [0.1, 0.15) is 0 Å². The summed E-state index contributed by atoms with van der Waals surface area (Å²) in [5, 5.41) is 6.60. The van der Waals surface area contributed by atoms with Gasteiger partial charge in [0.15, 0.2) is 5.96 Å². The number of hydrogen-bond acceptors (Lipinski definition) is 3. The lowest BCUT2D eigenvalue weighted by Crippen LogP contribution is -2.51. The van der Waals surface area contributed by atoms with E-state index >= 15 is 0 Å². The van der Waals surface area contributed by atoms with Crippen LogP contribution in [0.3, 0.4) is 0 Å². The fraction of sp³-hybridized carbons (Fsp3) is 0.882. The number of piperazine rings is 1. The summed E-state index contributed by atoms with van der Waals surface area (Å²) in [4.78, 5) is 21.3. The molecule has 2 N–H and O–H groups in total. The van der Waals surface area contributed by atoms with Crippen molar-refractivity contribution in [2.75, 3.05) is 45.8 Å². The number of aliphatic imine (C=N–C) groups is 1. The Bertz CT molecular complexity index is 404. The molecular formula is C17H34IN5O. The van der Waals surface area contributed by atoms with Crippen molar-refractivity contribution in [1.82, 2.24) is 20.4 Å². The van der Waals surface area contributed by atoms with E-state index in [-0.39, 0.29) is 24.0 Å². The lowest BCUT2D eigenvalue weighted by Gasteiger charge is -2.38. The van der Waals surface area contributed by atoms with Crippen molar-refractivity contribution < 1.29 is 4.79 Å². The van der Waals surface area contributed by atoms with Gasteiger partial charge in [-0.25, -0.2) is 0 Å². The average Bonchev–Trinajstić information content (AvgIpc) is 2.45. The van der Waals surface area contributed by atoms with Gasteiger partial charge in [0.25, 0.3) is 0 Å². The molecule has 0 aromatic heterocycles. The Morgan fingerprint density at radius 2 is 1.88 bits per heavy atom. The largest absolute Gasteiger partial charge is 0.357 e. The summed E-state index contributed by atoms with van der Waals surface area (Å²) in [6.45, 7) is 12.6. The summed E-state index contributed by atoms with van der Waals surface area (Å²) in [7, 11) is 0. The third-order valence-electron chi connectivity index (χ3n) is 4.59. The monoisotopic (exact) mass is 451 g/mol. The van der Waals surface area contributed by atoms with Crippen molar-refractivity contribution in [2.45, 2.75) is 46.1 Å². The molecule has 0 unspecified atom stereocenters. The second-order valence-corrected chi connectivity index (χ2v) is 6.85. The smallest absolute Gasteiger partial charge is 0.225 e. The molecule has 6 nitrogen and oxygen atoms in total. The number of nitrogens with zero attached hydrogens (tertiary/aromatic N) is 3. The number of carbonyl (C=O) groups excluding carboxylic acids is 1. The Morgan fingerprint density at radius 1 is 1.21 bits per heavy atom. The highest BCUT2D eigenvalue weighted by atomic mass is 127. The molecule has 1 amide bonds. The minimum absolute atomic E-state index is 0. The van der Waals surface area contributed by atoms with Gasteiger partial charge in [0, 0.05) is 51.2 Å². The molecule has 0 bridgehead atoms. The van der Waals surface area contributed by atoms with E-state index in [1.165, 1.54) is 6.42 Å². The molecule has 2 rings (SSSR count). The standard InChI is InChI=1S/C17H33N5O.HI/c1-4-18-17(20-14(2)3)19-8-9-21-10-12-22(13-11-21)16(23)15-6-5-7-15;/h14-15H,4-13H2,1-3H3,(H2,18,19,20);1H. The van der Waals surface area contributed by atoms with Crippen LogP contribution in [-0.2, 0) is 4.79 Å². The van der Waals surface area contributed by atoms with Gasteiger partial charge in [-0.05, 0) is 33.6 Å². The third-order valence-corrected chi connectivity index (χ3v) is 4.59. The summed E-state index contributed by atoms with van der Waals surface area (Å²) in [5.74, 6) is 1.61. The zero-order chi connectivity index (χ0) is 16.7. The fourth-order valence-corrected chi connectivity index (χ4v) is 3.00. The first-order chi connectivity index (χ1) is 11.1. The highest BCUT2D eigenvalue weighted by molar-refractivity contribution is 14.0. The van der Waals surface area contributed by atoms with Gasteiger partial charge in [0.2, 0.25) is 5.91 Å². The molecule has 1 saturated heterocycles. The molecule has 140 valence electrons. The molecule has 0 aromatic rings. The molecule has 0 atom stereocenters. The number of nitrogens with one attached hydrogen (secondary N) is 2. The Hall–Kier alpha value is -0.570. The first-order valence-electron chi connectivity index (χ1n) is 9.16. The van der Waals surface area contributed by atoms with Crippen LogP contribution in [0.5, 0.6) is 0 Å². The molecule has 0 aromatic carbocycles. The minimum atomic E-state index is 0. The number of guanidine groups is 1. The molecule has 24 heavy (non-hydrogen) atoms. The molecular weight excluding hydrogens is 417 g/mol. The molecule has 1 aliphatic carbocycles. The van der Waals surface area contributed by atoms with Gasteiger partial charge in [-0.1, -0.05) is 6.42 Å². The second kappa shape index (κ2) is 11.1. The van der Waals surface area contributed by atoms with Gasteiger partial charge in [-0.3, -0.25) is 14.7 Å². The fourth-order valence-electron chi connectivity index (χ4n) is 3.00. The maximum absolute atomic E-state index is 12.2. The van der Waals surface area contributed by atoms with E-state index in [1.54, 1.807) is 0 Å². The SMILES string of the molecule is CCNC(=NCCN1CCN(C(=O)C2CCC2)CC1)NC(C)C.I. The summed E-state index contributed by atoms with van der Waals surface area (Å²) >= 11 is 0. The van der Waals surface area contributed by atoms with Crippen LogP contribution in [0.4, 0.5) is 0 Å². The van der Waals surface area contributed by atoms with Crippen LogP contribution in [0, 0.1) is 5.92 Å². The quantitative estimate of drug-likeness (QED) is 0.365. The van der Waals surface area contributed by atoms with Gasteiger partial charge in [0.05, 0.1) is 6.54 Å². The first-order valence-corrected chi connectivity index (χ1v) is 9.16. The number of hydrogen-bond donors (Lipinski definition) is 2. The third kappa shape index (κ3) is 6.74. The molecule has 1 aliphatic heterocycles. The van der Waals surface area contributed by atoms with Crippen molar-refractivity contribution >= 4 is 35.8 Å². The molecule has 1 saturated carbocycles. The maximum atomic E-state index is 12.2. The summed E-state index contributed by atoms with van der Waals surface area (Å²) < 4.78 is 0. The van der Waals surface area contributed by atoms with Crippen LogP contribution >= 0.6 is 24.0 Å². The Balaban J connectivity index is 0.00000288. The van der Waals surface area contributed by atoms with E-state index in [2.05, 4.69) is 46.2 Å². The van der Waals surface area contributed by atoms with E-state index in [0.717, 1.165) is 64.6 Å². The predicted octanol–water partition coefficient (Wildman–Crippen LogP) is 1.51. The number of carbonyl (C=O) groups is 1. The molecule has 7 heteroatoms. The summed E-state index contributed by atoms with van der Waals surface area (Å²) in [6.07, 6.45) is 3.43. The van der Waals surface area contributed by atoms with Crippen LogP contribution < -0.4 is 10.6 Å². The molecule has 2 aliphatic rings. The van der Waals surface area contributed by atoms with Crippen molar-refractivity contribution in [3.63, 3.8) is 0 Å². The first kappa shape index (κ1) is 21.5. The highest BCUT2D eigenvalue weighted by Gasteiger charge is 2.30. The van der Waals surface area contributed by atoms with Crippen LogP contribution in [0.2, 0.25) is 0 Å². The zero-order valence-electron chi connectivity index (χ0n) is 15.4. The highest BCUT2D eigenvalue weighted by Crippen LogP contribution is 2.28. The summed E-state index contributed by atoms with van der Waals surface area (Å²) in [6, 6.07) is 0.383. The van der Waals surface area contributed by atoms with Crippen molar-refractivity contribution in [2.24, 2.45) is 10.9 Å². The second-order valence-electron chi connectivity index (χ2n) is 6.85. The van der Waals surface area contributed by atoms with Gasteiger partial charge in [-0.2, -0.15) is 0 Å². The van der Waals surface area contributed by atoms with Crippen LogP contribution in [-0.4, -0.2) is 73.5 Å². The van der Waals surface area contributed by atoms with Gasteiger partial charge >= 0.3 is 0 Å². The van der Waals surface area contributed by atoms with E-state index in [9.17, 15) is 4.79 Å². The van der Waals surface area contributed by atoms with E-state index in [0.29, 0.717) is 17.9 Å². The van der Waals surface area contributed by atoms with E-state index in [1.807, 2.05) is 0 Å². The van der Waals surface area contributed by atoms with Crippen LogP contribution in [0.15, 0.2) is 4.99 Å². The number of rotatable bonds is 6. The van der Waals surface area contributed by atoms with Crippen molar-refractivity contribution in [3.05, 3.63) is 0 Å². The molecule has 1 heterocycles. The lowest BCUT2D eigenvalue weighted by atomic mass is 9.84. The number of amides is 1. The molecule has 0 spiro atoms. The predicted molar refractivity (Wildman–Crippen MR) is 110 cm³/mol. The molecule has 0 radical (unpaired) electrons. The Labute approximate surface area is 163 Å². The van der Waals surface area contributed by atoms with E-state index < -0.39 is 0 Å². The number of halogens is 1. The van der Waals surface area contributed by atoms with E-state index in [4.69, 9.17) is 0 Å². The van der Waals surface area contributed by atoms with Crippen molar-refractivity contribution in [3.8, 4) is 0 Å². The minimum Gasteiger partial charge on any atom is -0.357 e. The van der Waals surface area contributed by atoms with Gasteiger partial charge < -0.3 is 15.5 Å². The van der Waals surface area contributed by atoms with Crippen LogP contribution in [0.1, 0.15) is 40.0 Å². The Morgan fingerprint density at radius 3 is 2.38 bits per heavy atom. The molecule has 2 fully saturated rings. The van der Waals surface area contributed by atoms with Crippen LogP contribution in [0.25, 0.3) is 0 Å². The Kier molecular flexibility index (Phi) is 9.95. The zero-order valence-corrected chi connectivity index (χ0v) is 17.7. The average molecular weight is 451 g/mol. The maximum Gasteiger partial charge on any atom is 0.225 e. The topological polar surface area (TPSA) is 60.0 Å². The lowest BCUT2D eigenvalue weighted by molar-refractivity contribution is -0.139. The summed E-state index contributed by atoms with van der Waals surface area (Å²) in [5.41, 5.74) is 0. The van der Waals surface area contributed by atoms with Crippen molar-refractivity contribution in [1.29, 1.82) is 0 Å².